The lowest BCUT2D eigenvalue weighted by Crippen LogP contribution is -2.52. The summed E-state index contributed by atoms with van der Waals surface area (Å²) in [5.74, 6) is 0.206. The van der Waals surface area contributed by atoms with Gasteiger partial charge in [-0.25, -0.2) is 4.39 Å². The second-order valence-corrected chi connectivity index (χ2v) is 7.00. The van der Waals surface area contributed by atoms with E-state index in [0.717, 1.165) is 13.1 Å². The summed E-state index contributed by atoms with van der Waals surface area (Å²) in [4.78, 5) is 17.1. The highest BCUT2D eigenvalue weighted by Crippen LogP contribution is 2.24. The van der Waals surface area contributed by atoms with Crippen LogP contribution in [0.15, 0.2) is 42.5 Å². The lowest BCUT2D eigenvalue weighted by atomic mass is 10.1. The van der Waals surface area contributed by atoms with Crippen LogP contribution in [0.2, 0.25) is 0 Å². The van der Waals surface area contributed by atoms with Crippen molar-refractivity contribution in [2.24, 2.45) is 0 Å². The first-order valence-electron chi connectivity index (χ1n) is 9.51. The Bertz CT molecular complexity index is 783. The first-order chi connectivity index (χ1) is 13.0. The van der Waals surface area contributed by atoms with E-state index in [2.05, 4.69) is 36.9 Å². The smallest absolute Gasteiger partial charge is 0.263 e. The molecule has 3 rings (SSSR count). The molecule has 1 fully saturated rings. The van der Waals surface area contributed by atoms with E-state index in [0.29, 0.717) is 25.3 Å². The van der Waals surface area contributed by atoms with E-state index in [9.17, 15) is 9.18 Å². The molecule has 0 bridgehead atoms. The van der Waals surface area contributed by atoms with Crippen LogP contribution < -0.4 is 9.64 Å². The highest BCUT2D eigenvalue weighted by atomic mass is 19.1. The van der Waals surface area contributed by atoms with Gasteiger partial charge in [0.15, 0.2) is 6.10 Å². The van der Waals surface area contributed by atoms with Gasteiger partial charge in [-0.05, 0) is 61.7 Å². The first kappa shape index (κ1) is 19.2. The number of hydrogen-bond acceptors (Lipinski definition) is 3. The van der Waals surface area contributed by atoms with Crippen molar-refractivity contribution in [3.05, 3.63) is 59.4 Å². The van der Waals surface area contributed by atoms with Crippen LogP contribution in [0.3, 0.4) is 0 Å². The van der Waals surface area contributed by atoms with Crippen LogP contribution in [0.1, 0.15) is 24.5 Å². The number of ether oxygens (including phenoxy) is 1. The number of carbonyl (C=O) groups excluding carboxylic acids is 1. The van der Waals surface area contributed by atoms with Crippen molar-refractivity contribution in [1.29, 1.82) is 0 Å². The summed E-state index contributed by atoms with van der Waals surface area (Å²) in [5.41, 5.74) is 3.82. The van der Waals surface area contributed by atoms with Gasteiger partial charge < -0.3 is 14.5 Å². The molecule has 144 valence electrons. The second kappa shape index (κ2) is 8.42. The highest BCUT2D eigenvalue weighted by molar-refractivity contribution is 5.81. The Morgan fingerprint density at radius 2 is 1.74 bits per heavy atom. The van der Waals surface area contributed by atoms with E-state index in [1.165, 1.54) is 28.9 Å². The van der Waals surface area contributed by atoms with Crippen molar-refractivity contribution in [3.63, 3.8) is 0 Å². The van der Waals surface area contributed by atoms with E-state index in [1.54, 1.807) is 12.1 Å². The molecule has 1 unspecified atom stereocenters. The SMILES string of the molecule is CCC(Oc1ccc(F)cc1)C(=O)N1CCN(c2cccc(C)c2C)CC1. The molecule has 0 radical (unpaired) electrons. The zero-order valence-corrected chi connectivity index (χ0v) is 16.2. The molecule has 27 heavy (non-hydrogen) atoms. The van der Waals surface area contributed by atoms with Gasteiger partial charge >= 0.3 is 0 Å². The molecule has 2 aromatic rings. The molecule has 1 atom stereocenters. The minimum Gasteiger partial charge on any atom is -0.481 e. The Morgan fingerprint density at radius 3 is 2.37 bits per heavy atom. The van der Waals surface area contributed by atoms with Gasteiger partial charge in [-0.15, -0.1) is 0 Å². The Kier molecular flexibility index (Phi) is 5.99. The Hall–Kier alpha value is -2.56. The van der Waals surface area contributed by atoms with Gasteiger partial charge in [0.1, 0.15) is 11.6 Å². The van der Waals surface area contributed by atoms with Gasteiger partial charge in [0, 0.05) is 31.9 Å². The highest BCUT2D eigenvalue weighted by Gasteiger charge is 2.28. The van der Waals surface area contributed by atoms with Crippen molar-refractivity contribution in [3.8, 4) is 5.75 Å². The minimum absolute atomic E-state index is 0.00226. The monoisotopic (exact) mass is 370 g/mol. The van der Waals surface area contributed by atoms with Gasteiger partial charge in [-0.2, -0.15) is 0 Å². The van der Waals surface area contributed by atoms with Gasteiger partial charge in [0.05, 0.1) is 0 Å². The number of benzene rings is 2. The zero-order valence-electron chi connectivity index (χ0n) is 16.2. The van der Waals surface area contributed by atoms with E-state index in [-0.39, 0.29) is 11.7 Å². The predicted molar refractivity (Wildman–Crippen MR) is 106 cm³/mol. The third-order valence-electron chi connectivity index (χ3n) is 5.25. The van der Waals surface area contributed by atoms with Gasteiger partial charge in [0.25, 0.3) is 5.91 Å². The zero-order chi connectivity index (χ0) is 19.4. The maximum absolute atomic E-state index is 13.0. The molecule has 1 amide bonds. The number of rotatable bonds is 5. The van der Waals surface area contributed by atoms with E-state index >= 15 is 0 Å². The molecular formula is C22H27FN2O2. The first-order valence-corrected chi connectivity index (χ1v) is 9.51. The van der Waals surface area contributed by atoms with Gasteiger partial charge in [0.2, 0.25) is 0 Å². The maximum atomic E-state index is 13.0. The van der Waals surface area contributed by atoms with Crippen molar-refractivity contribution >= 4 is 11.6 Å². The van der Waals surface area contributed by atoms with E-state index < -0.39 is 6.10 Å². The summed E-state index contributed by atoms with van der Waals surface area (Å²) in [6, 6.07) is 12.2. The van der Waals surface area contributed by atoms with Crippen molar-refractivity contribution < 1.29 is 13.9 Å². The van der Waals surface area contributed by atoms with Gasteiger partial charge in [-0.1, -0.05) is 19.1 Å². The number of hydrogen-bond donors (Lipinski definition) is 0. The average Bonchev–Trinajstić information content (AvgIpc) is 2.69. The number of nitrogens with zero attached hydrogens (tertiary/aromatic N) is 2. The Labute approximate surface area is 160 Å². The predicted octanol–water partition coefficient (Wildman–Crippen LogP) is 3.95. The van der Waals surface area contributed by atoms with Crippen molar-refractivity contribution in [1.82, 2.24) is 4.90 Å². The summed E-state index contributed by atoms with van der Waals surface area (Å²) in [6.07, 6.45) is 0.0376. The molecule has 0 aliphatic carbocycles. The summed E-state index contributed by atoms with van der Waals surface area (Å²) >= 11 is 0. The lowest BCUT2D eigenvalue weighted by molar-refractivity contribution is -0.139. The quantitative estimate of drug-likeness (QED) is 0.799. The molecule has 2 aromatic carbocycles. The maximum Gasteiger partial charge on any atom is 0.263 e. The molecular weight excluding hydrogens is 343 g/mol. The molecule has 1 aliphatic rings. The molecule has 0 saturated carbocycles. The molecule has 1 saturated heterocycles. The molecule has 0 N–H and O–H groups in total. The molecule has 1 heterocycles. The van der Waals surface area contributed by atoms with Crippen LogP contribution in [0.25, 0.3) is 0 Å². The Balaban J connectivity index is 1.61. The fraction of sp³-hybridized carbons (Fsp3) is 0.409. The van der Waals surface area contributed by atoms with Crippen LogP contribution in [0.5, 0.6) is 5.75 Å². The van der Waals surface area contributed by atoms with Crippen LogP contribution >= 0.6 is 0 Å². The standard InChI is InChI=1S/C22H27FN2O2/c1-4-21(27-19-10-8-18(23)9-11-19)22(26)25-14-12-24(13-15-25)20-7-5-6-16(2)17(20)3/h5-11,21H,4,12-15H2,1-3H3. The number of piperazine rings is 1. The number of halogens is 1. The number of amides is 1. The summed E-state index contributed by atoms with van der Waals surface area (Å²) < 4.78 is 18.9. The third kappa shape index (κ3) is 4.41. The lowest BCUT2D eigenvalue weighted by Gasteiger charge is -2.38. The number of carbonyl (C=O) groups is 1. The molecule has 5 heteroatoms. The van der Waals surface area contributed by atoms with Gasteiger partial charge in [-0.3, -0.25) is 4.79 Å². The van der Waals surface area contributed by atoms with Crippen molar-refractivity contribution in [2.45, 2.75) is 33.3 Å². The number of aryl methyl sites for hydroxylation is 1. The summed E-state index contributed by atoms with van der Waals surface area (Å²) in [7, 11) is 0. The van der Waals surface area contributed by atoms with E-state index in [4.69, 9.17) is 4.74 Å². The summed E-state index contributed by atoms with van der Waals surface area (Å²) in [5, 5.41) is 0. The molecule has 0 spiro atoms. The Morgan fingerprint density at radius 1 is 1.07 bits per heavy atom. The molecule has 1 aliphatic heterocycles. The van der Waals surface area contributed by atoms with E-state index in [1.807, 2.05) is 11.8 Å². The topological polar surface area (TPSA) is 32.8 Å². The van der Waals surface area contributed by atoms with Crippen LogP contribution in [0.4, 0.5) is 10.1 Å². The largest absolute Gasteiger partial charge is 0.481 e. The number of anilines is 1. The van der Waals surface area contributed by atoms with Crippen LogP contribution in [-0.2, 0) is 4.79 Å². The normalized spacial score (nSPS) is 15.6. The average molecular weight is 370 g/mol. The second-order valence-electron chi connectivity index (χ2n) is 7.00. The third-order valence-corrected chi connectivity index (χ3v) is 5.25. The van der Waals surface area contributed by atoms with Crippen molar-refractivity contribution in [2.75, 3.05) is 31.1 Å². The minimum atomic E-state index is -0.539. The molecule has 4 nitrogen and oxygen atoms in total. The molecule has 0 aromatic heterocycles. The fourth-order valence-electron chi connectivity index (χ4n) is 3.44. The summed E-state index contributed by atoms with van der Waals surface area (Å²) in [6.45, 7) is 9.17. The van der Waals surface area contributed by atoms with Crippen LogP contribution in [0, 0.1) is 19.7 Å². The van der Waals surface area contributed by atoms with Crippen LogP contribution in [-0.4, -0.2) is 43.1 Å². The fourth-order valence-corrected chi connectivity index (χ4v) is 3.44.